The summed E-state index contributed by atoms with van der Waals surface area (Å²) in [5, 5.41) is 12.7. The first kappa shape index (κ1) is 27.1. The number of carboxylic acid groups (broad SMARTS) is 1. The largest absolute Gasteiger partial charge is 0.477 e. The molecule has 0 aromatic carbocycles. The lowest BCUT2D eigenvalue weighted by Crippen LogP contribution is -2.31. The normalized spacial score (nSPS) is 13.2. The van der Waals surface area contributed by atoms with Crippen LogP contribution in [-0.4, -0.2) is 48.8 Å². The van der Waals surface area contributed by atoms with Crippen LogP contribution in [0.1, 0.15) is 47.8 Å². The topological polar surface area (TPSA) is 140 Å². The molecule has 11 nitrogen and oxygen atoms in total. The smallest absolute Gasteiger partial charge is 0.413 e. The van der Waals surface area contributed by atoms with Gasteiger partial charge in [0.1, 0.15) is 22.8 Å². The number of carbonyl (C=O) groups excluding carboxylic acids is 1. The van der Waals surface area contributed by atoms with Crippen molar-refractivity contribution in [3.8, 4) is 5.69 Å². The summed E-state index contributed by atoms with van der Waals surface area (Å²) in [5.41, 5.74) is 1.78. The fourth-order valence-corrected chi connectivity index (χ4v) is 4.88. The minimum atomic E-state index is -1.38. The molecule has 206 valence electrons. The molecule has 0 aliphatic carbocycles. The number of nitrogens with one attached hydrogen (secondary N) is 1. The number of amides is 1. The van der Waals surface area contributed by atoms with Gasteiger partial charge in [0, 0.05) is 31.7 Å². The highest BCUT2D eigenvalue weighted by molar-refractivity contribution is 6.33. The van der Waals surface area contributed by atoms with E-state index in [2.05, 4.69) is 15.3 Å². The average Bonchev–Trinajstić information content (AvgIpc) is 2.88. The Kier molecular flexibility index (Phi) is 6.92. The number of aromatic nitrogens is 4. The average molecular weight is 563 g/mol. The van der Waals surface area contributed by atoms with Crippen LogP contribution < -0.4 is 15.6 Å². The number of hydrogen-bond acceptors (Lipinski definition) is 8. The lowest BCUT2D eigenvalue weighted by Gasteiger charge is -2.30. The summed E-state index contributed by atoms with van der Waals surface area (Å²) in [7, 11) is 0. The van der Waals surface area contributed by atoms with Crippen LogP contribution in [0, 0.1) is 6.92 Å². The van der Waals surface area contributed by atoms with Gasteiger partial charge >= 0.3 is 12.1 Å². The van der Waals surface area contributed by atoms with E-state index in [-0.39, 0.29) is 21.9 Å². The quantitative estimate of drug-likeness (QED) is 0.360. The number of aromatic carboxylic acids is 1. The van der Waals surface area contributed by atoms with Gasteiger partial charge in [0.25, 0.3) is 0 Å². The Bertz CT molecular complexity index is 1730. The fourth-order valence-electron chi connectivity index (χ4n) is 4.61. The summed E-state index contributed by atoms with van der Waals surface area (Å²) < 4.78 is 6.80. The molecule has 4 aromatic heterocycles. The van der Waals surface area contributed by atoms with E-state index in [1.165, 1.54) is 23.0 Å². The van der Waals surface area contributed by atoms with Crippen LogP contribution >= 0.6 is 11.6 Å². The van der Waals surface area contributed by atoms with Crippen LogP contribution in [0.2, 0.25) is 5.02 Å². The van der Waals surface area contributed by atoms with Crippen molar-refractivity contribution in [3.63, 3.8) is 0 Å². The molecule has 0 saturated carbocycles. The zero-order chi connectivity index (χ0) is 28.8. The molecule has 5 rings (SSSR count). The van der Waals surface area contributed by atoms with Crippen molar-refractivity contribution >= 4 is 46.3 Å². The lowest BCUT2D eigenvalue weighted by atomic mass is 10.0. The summed E-state index contributed by atoms with van der Waals surface area (Å²) >= 11 is 6.64. The molecule has 0 fully saturated rings. The van der Waals surface area contributed by atoms with Crippen LogP contribution in [0.15, 0.2) is 47.8 Å². The van der Waals surface area contributed by atoms with E-state index >= 15 is 0 Å². The van der Waals surface area contributed by atoms with Crippen LogP contribution in [0.25, 0.3) is 16.7 Å². The van der Waals surface area contributed by atoms with Gasteiger partial charge in [-0.3, -0.25) is 19.7 Å². The molecule has 0 radical (unpaired) electrons. The van der Waals surface area contributed by atoms with Crippen molar-refractivity contribution in [2.75, 3.05) is 16.8 Å². The van der Waals surface area contributed by atoms with Gasteiger partial charge < -0.3 is 14.7 Å². The summed E-state index contributed by atoms with van der Waals surface area (Å²) in [5.74, 6) is -0.657. The molecule has 0 atom stereocenters. The van der Waals surface area contributed by atoms with E-state index in [1.54, 1.807) is 40.0 Å². The van der Waals surface area contributed by atoms with Crippen molar-refractivity contribution in [2.45, 2.75) is 46.3 Å². The molecule has 12 heteroatoms. The van der Waals surface area contributed by atoms with Crippen molar-refractivity contribution in [3.05, 3.63) is 80.5 Å². The molecule has 1 aliphatic heterocycles. The number of nitrogens with zero attached hydrogens (tertiary/aromatic N) is 5. The Morgan fingerprint density at radius 1 is 1.18 bits per heavy atom. The monoisotopic (exact) mass is 562 g/mol. The lowest BCUT2D eigenvalue weighted by molar-refractivity contribution is 0.0633. The van der Waals surface area contributed by atoms with E-state index in [0.29, 0.717) is 30.2 Å². The van der Waals surface area contributed by atoms with Crippen molar-refractivity contribution in [2.24, 2.45) is 0 Å². The number of pyridine rings is 4. The van der Waals surface area contributed by atoms with Gasteiger partial charge in [-0.1, -0.05) is 11.6 Å². The van der Waals surface area contributed by atoms with Gasteiger partial charge in [-0.25, -0.2) is 19.6 Å². The maximum Gasteiger partial charge on any atom is 0.413 e. The Hall–Kier alpha value is -4.51. The van der Waals surface area contributed by atoms with E-state index in [9.17, 15) is 19.5 Å². The number of carbonyl (C=O) groups is 2. The molecule has 0 unspecified atom stereocenters. The van der Waals surface area contributed by atoms with Gasteiger partial charge in [-0.15, -0.1) is 0 Å². The van der Waals surface area contributed by atoms with Crippen molar-refractivity contribution in [1.82, 2.24) is 19.5 Å². The second-order valence-electron chi connectivity index (χ2n) is 10.5. The summed E-state index contributed by atoms with van der Waals surface area (Å²) in [4.78, 5) is 52.7. The highest BCUT2D eigenvalue weighted by atomic mass is 35.5. The number of halogens is 1. The van der Waals surface area contributed by atoms with E-state index < -0.39 is 28.7 Å². The van der Waals surface area contributed by atoms with Crippen LogP contribution in [-0.2, 0) is 17.7 Å². The first-order chi connectivity index (χ1) is 18.9. The number of ether oxygens (including phenoxy) is 1. The predicted molar refractivity (Wildman–Crippen MR) is 151 cm³/mol. The molecule has 40 heavy (non-hydrogen) atoms. The second-order valence-corrected chi connectivity index (χ2v) is 10.9. The summed E-state index contributed by atoms with van der Waals surface area (Å²) in [6.45, 7) is 8.23. The molecule has 5 heterocycles. The molecule has 1 aliphatic rings. The zero-order valence-corrected chi connectivity index (χ0v) is 23.1. The standard InChI is InChI=1S/C28H27ClN6O5/c1-15-9-22(32-27(39)40-28(2,3)4)31-12-21(15)35-14-19(26(37)38)23(36)18-10-20(29)25(33-24(18)35)34-8-6-16-11-30-7-5-17(16)13-34/h5,7,9-12,14H,6,8,13H2,1-4H3,(H,37,38)(H,31,32,39). The van der Waals surface area contributed by atoms with Crippen molar-refractivity contribution in [1.29, 1.82) is 0 Å². The predicted octanol–water partition coefficient (Wildman–Crippen LogP) is 4.75. The maximum absolute atomic E-state index is 13.1. The summed E-state index contributed by atoms with van der Waals surface area (Å²) in [6.07, 6.45) is 6.38. The highest BCUT2D eigenvalue weighted by Crippen LogP contribution is 2.32. The fraction of sp³-hybridized carbons (Fsp3) is 0.286. The van der Waals surface area contributed by atoms with E-state index in [0.717, 1.165) is 17.5 Å². The molecule has 0 bridgehead atoms. The van der Waals surface area contributed by atoms with Gasteiger partial charge in [0.15, 0.2) is 5.65 Å². The minimum Gasteiger partial charge on any atom is -0.477 e. The molecule has 1 amide bonds. The third-order valence-corrected chi connectivity index (χ3v) is 6.71. The molecule has 0 saturated heterocycles. The van der Waals surface area contributed by atoms with Gasteiger partial charge in [-0.2, -0.15) is 0 Å². The third-order valence-electron chi connectivity index (χ3n) is 6.43. The Balaban J connectivity index is 1.61. The van der Waals surface area contributed by atoms with Gasteiger partial charge in [0.05, 0.1) is 22.3 Å². The Morgan fingerprint density at radius 2 is 1.95 bits per heavy atom. The van der Waals surface area contributed by atoms with E-state index in [1.807, 2.05) is 17.2 Å². The van der Waals surface area contributed by atoms with Crippen LogP contribution in [0.4, 0.5) is 16.4 Å². The number of rotatable bonds is 4. The summed E-state index contributed by atoms with van der Waals surface area (Å²) in [6, 6.07) is 5.04. The second kappa shape index (κ2) is 10.2. The maximum atomic E-state index is 13.1. The Morgan fingerprint density at radius 3 is 2.65 bits per heavy atom. The van der Waals surface area contributed by atoms with Gasteiger partial charge in [0.2, 0.25) is 5.43 Å². The molecular formula is C28H27ClN6O5. The first-order valence-electron chi connectivity index (χ1n) is 12.5. The number of hydrogen-bond donors (Lipinski definition) is 2. The Labute approximate surface area is 234 Å². The first-order valence-corrected chi connectivity index (χ1v) is 12.9. The minimum absolute atomic E-state index is 0.0608. The zero-order valence-electron chi connectivity index (χ0n) is 22.4. The SMILES string of the molecule is Cc1cc(NC(=O)OC(C)(C)C)ncc1-n1cc(C(=O)O)c(=O)c2cc(Cl)c(N3CCc4cnccc4C3)nc21. The number of carboxylic acids is 1. The van der Waals surface area contributed by atoms with Crippen molar-refractivity contribution < 1.29 is 19.4 Å². The molecule has 4 aromatic rings. The van der Waals surface area contributed by atoms with E-state index in [4.69, 9.17) is 21.3 Å². The molecule has 0 spiro atoms. The molecule has 2 N–H and O–H groups in total. The van der Waals surface area contributed by atoms with Gasteiger partial charge in [-0.05, 0) is 69.0 Å². The third kappa shape index (κ3) is 5.32. The van der Waals surface area contributed by atoms with Crippen LogP contribution in [0.3, 0.4) is 0 Å². The number of fused-ring (bicyclic) bond motifs is 2. The highest BCUT2D eigenvalue weighted by Gasteiger charge is 2.24. The number of aryl methyl sites for hydroxylation is 1. The number of anilines is 2. The molecular weight excluding hydrogens is 536 g/mol. The van der Waals surface area contributed by atoms with Crippen LogP contribution in [0.5, 0.6) is 0 Å².